The minimum absolute atomic E-state index is 0.0887. The number of halogens is 1. The molecule has 1 aliphatic rings. The maximum atomic E-state index is 12.9. The number of hydrogen-bond acceptors (Lipinski definition) is 4. The molecule has 0 bridgehead atoms. The molecule has 1 saturated heterocycles. The Hall–Kier alpha value is -3.48. The molecule has 0 spiro atoms. The van der Waals surface area contributed by atoms with Gasteiger partial charge in [-0.25, -0.2) is 4.39 Å². The van der Waals surface area contributed by atoms with Crippen LogP contribution >= 0.6 is 0 Å². The highest BCUT2D eigenvalue weighted by Gasteiger charge is 2.29. The average Bonchev–Trinajstić information content (AvgIpc) is 2.82. The molecule has 1 heterocycles. The summed E-state index contributed by atoms with van der Waals surface area (Å²) in [6.45, 7) is 2.66. The van der Waals surface area contributed by atoms with Gasteiger partial charge in [-0.2, -0.15) is 0 Å². The molecule has 2 amide bonds. The second-order valence-electron chi connectivity index (χ2n) is 7.77. The minimum Gasteiger partial charge on any atom is -0.452 e. The summed E-state index contributed by atoms with van der Waals surface area (Å²) in [5.41, 5.74) is 1.70. The Balaban J connectivity index is 1.40. The molecular weight excluding hydrogens is 411 g/mol. The maximum absolute atomic E-state index is 12.9. The molecule has 2 aromatic carbocycles. The number of esters is 1. The zero-order valence-corrected chi connectivity index (χ0v) is 18.0. The zero-order valence-electron chi connectivity index (χ0n) is 18.0. The van der Waals surface area contributed by atoms with E-state index in [0.717, 1.165) is 11.1 Å². The first-order valence-corrected chi connectivity index (χ1v) is 10.7. The fourth-order valence-electron chi connectivity index (χ4n) is 3.43. The van der Waals surface area contributed by atoms with E-state index >= 15 is 0 Å². The van der Waals surface area contributed by atoms with Gasteiger partial charge in [0.2, 0.25) is 5.91 Å². The number of ether oxygens (including phenoxy) is 1. The largest absolute Gasteiger partial charge is 0.452 e. The van der Waals surface area contributed by atoms with Crippen LogP contribution in [0.5, 0.6) is 0 Å². The standard InChI is InChI=1S/C25H27FN2O4/c1-18(24(30)27-17-20-7-10-22(26)11-8-20)32-25(31)21-13-15-28(16-14-21)23(29)12-9-19-5-3-2-4-6-19/h2-12,18,21H,13-17H2,1H3,(H,27,30)/b12-9+. The number of amides is 2. The Morgan fingerprint density at radius 3 is 2.41 bits per heavy atom. The van der Waals surface area contributed by atoms with Gasteiger partial charge >= 0.3 is 5.97 Å². The monoisotopic (exact) mass is 438 g/mol. The Morgan fingerprint density at radius 1 is 1.09 bits per heavy atom. The number of carbonyl (C=O) groups is 3. The number of nitrogens with zero attached hydrogens (tertiary/aromatic N) is 1. The molecule has 1 aliphatic heterocycles. The van der Waals surface area contributed by atoms with E-state index in [1.165, 1.54) is 19.1 Å². The van der Waals surface area contributed by atoms with Gasteiger partial charge in [0.1, 0.15) is 5.82 Å². The SMILES string of the molecule is CC(OC(=O)C1CCN(C(=O)/C=C/c2ccccc2)CC1)C(=O)NCc1ccc(F)cc1. The van der Waals surface area contributed by atoms with Crippen LogP contribution in [0.2, 0.25) is 0 Å². The van der Waals surface area contributed by atoms with Gasteiger partial charge in [-0.3, -0.25) is 14.4 Å². The van der Waals surface area contributed by atoms with Crippen LogP contribution in [-0.2, 0) is 25.7 Å². The van der Waals surface area contributed by atoms with E-state index in [1.54, 1.807) is 29.2 Å². The van der Waals surface area contributed by atoms with Gasteiger partial charge in [0.25, 0.3) is 5.91 Å². The lowest BCUT2D eigenvalue weighted by Crippen LogP contribution is -2.42. The smallest absolute Gasteiger partial charge is 0.309 e. The van der Waals surface area contributed by atoms with Crippen LogP contribution in [0.3, 0.4) is 0 Å². The lowest BCUT2D eigenvalue weighted by molar-refractivity contribution is -0.160. The molecule has 1 N–H and O–H groups in total. The van der Waals surface area contributed by atoms with Gasteiger partial charge in [-0.15, -0.1) is 0 Å². The molecule has 1 atom stereocenters. The average molecular weight is 438 g/mol. The van der Waals surface area contributed by atoms with E-state index in [9.17, 15) is 18.8 Å². The van der Waals surface area contributed by atoms with Gasteiger partial charge in [-0.05, 0) is 49.1 Å². The number of nitrogens with one attached hydrogen (secondary N) is 1. The first kappa shape index (κ1) is 23.2. The molecule has 2 aromatic rings. The molecule has 6 nitrogen and oxygen atoms in total. The van der Waals surface area contributed by atoms with E-state index in [0.29, 0.717) is 25.9 Å². The van der Waals surface area contributed by atoms with Crippen molar-refractivity contribution in [3.8, 4) is 0 Å². The predicted molar refractivity (Wildman–Crippen MR) is 119 cm³/mol. The highest BCUT2D eigenvalue weighted by molar-refractivity contribution is 5.92. The molecule has 1 fully saturated rings. The summed E-state index contributed by atoms with van der Waals surface area (Å²) in [5, 5.41) is 2.68. The number of likely N-dealkylation sites (tertiary alicyclic amines) is 1. The second kappa shape index (κ2) is 11.2. The fourth-order valence-corrected chi connectivity index (χ4v) is 3.43. The van der Waals surface area contributed by atoms with E-state index in [1.807, 2.05) is 30.3 Å². The van der Waals surface area contributed by atoms with Crippen molar-refractivity contribution in [2.45, 2.75) is 32.4 Å². The Kier molecular flexibility index (Phi) is 8.14. The lowest BCUT2D eigenvalue weighted by atomic mass is 9.97. The third-order valence-corrected chi connectivity index (χ3v) is 5.40. The number of piperidine rings is 1. The van der Waals surface area contributed by atoms with Gasteiger partial charge in [0.15, 0.2) is 6.10 Å². The third kappa shape index (κ3) is 6.77. The summed E-state index contributed by atoms with van der Waals surface area (Å²) in [7, 11) is 0. The van der Waals surface area contributed by atoms with Gasteiger partial charge in [0, 0.05) is 25.7 Å². The van der Waals surface area contributed by atoms with Crippen molar-refractivity contribution in [2.24, 2.45) is 5.92 Å². The summed E-state index contributed by atoms with van der Waals surface area (Å²) in [4.78, 5) is 38.7. The highest BCUT2D eigenvalue weighted by atomic mass is 19.1. The predicted octanol–water partition coefficient (Wildman–Crippen LogP) is 3.33. The second-order valence-corrected chi connectivity index (χ2v) is 7.77. The number of hydrogen-bond donors (Lipinski definition) is 1. The van der Waals surface area contributed by atoms with Crippen LogP contribution in [0.1, 0.15) is 30.9 Å². The third-order valence-electron chi connectivity index (χ3n) is 5.40. The number of benzene rings is 2. The number of carbonyl (C=O) groups excluding carboxylic acids is 3. The summed E-state index contributed by atoms with van der Waals surface area (Å²) >= 11 is 0. The van der Waals surface area contributed by atoms with Crippen LogP contribution in [-0.4, -0.2) is 41.9 Å². The van der Waals surface area contributed by atoms with Gasteiger partial charge in [-0.1, -0.05) is 42.5 Å². The molecule has 0 saturated carbocycles. The Morgan fingerprint density at radius 2 is 1.75 bits per heavy atom. The fraction of sp³-hybridized carbons (Fsp3) is 0.320. The quantitative estimate of drug-likeness (QED) is 0.532. The summed E-state index contributed by atoms with van der Waals surface area (Å²) < 4.78 is 18.3. The van der Waals surface area contributed by atoms with E-state index in [4.69, 9.17) is 4.74 Å². The van der Waals surface area contributed by atoms with Gasteiger partial charge < -0.3 is 15.0 Å². The van der Waals surface area contributed by atoms with Crippen LogP contribution in [0.4, 0.5) is 4.39 Å². The zero-order chi connectivity index (χ0) is 22.9. The van der Waals surface area contributed by atoms with Crippen molar-refractivity contribution >= 4 is 23.9 Å². The molecular formula is C25H27FN2O4. The molecule has 3 rings (SSSR count). The molecule has 0 aliphatic carbocycles. The van der Waals surface area contributed by atoms with Crippen molar-refractivity contribution in [2.75, 3.05) is 13.1 Å². The van der Waals surface area contributed by atoms with Crippen molar-refractivity contribution in [1.29, 1.82) is 0 Å². The van der Waals surface area contributed by atoms with E-state index in [2.05, 4.69) is 5.32 Å². The Bertz CT molecular complexity index is 952. The van der Waals surface area contributed by atoms with Crippen molar-refractivity contribution in [1.82, 2.24) is 10.2 Å². The molecule has 0 radical (unpaired) electrons. The highest BCUT2D eigenvalue weighted by Crippen LogP contribution is 2.20. The summed E-state index contributed by atoms with van der Waals surface area (Å²) in [6.07, 6.45) is 3.37. The molecule has 32 heavy (non-hydrogen) atoms. The van der Waals surface area contributed by atoms with Crippen LogP contribution in [0, 0.1) is 11.7 Å². The van der Waals surface area contributed by atoms with E-state index < -0.39 is 18.0 Å². The topological polar surface area (TPSA) is 75.7 Å². The van der Waals surface area contributed by atoms with Crippen molar-refractivity contribution in [3.63, 3.8) is 0 Å². The first-order valence-electron chi connectivity index (χ1n) is 10.7. The molecule has 1 unspecified atom stereocenters. The normalized spacial score (nSPS) is 15.4. The minimum atomic E-state index is -0.934. The Labute approximate surface area is 187 Å². The lowest BCUT2D eigenvalue weighted by Gasteiger charge is -2.30. The van der Waals surface area contributed by atoms with E-state index in [-0.39, 0.29) is 24.2 Å². The number of rotatable bonds is 7. The van der Waals surface area contributed by atoms with Crippen molar-refractivity contribution < 1.29 is 23.5 Å². The van der Waals surface area contributed by atoms with Crippen LogP contribution < -0.4 is 5.32 Å². The van der Waals surface area contributed by atoms with Crippen LogP contribution in [0.15, 0.2) is 60.7 Å². The summed E-state index contributed by atoms with van der Waals surface area (Å²) in [5.74, 6) is -1.62. The first-order chi connectivity index (χ1) is 15.4. The summed E-state index contributed by atoms with van der Waals surface area (Å²) in [6, 6.07) is 15.4. The molecule has 7 heteroatoms. The van der Waals surface area contributed by atoms with Gasteiger partial charge in [0.05, 0.1) is 5.92 Å². The molecule has 168 valence electrons. The maximum Gasteiger partial charge on any atom is 0.309 e. The van der Waals surface area contributed by atoms with Crippen molar-refractivity contribution in [3.05, 3.63) is 77.6 Å². The molecule has 0 aromatic heterocycles. The van der Waals surface area contributed by atoms with Crippen LogP contribution in [0.25, 0.3) is 6.08 Å².